The van der Waals surface area contributed by atoms with Crippen LogP contribution in [0.1, 0.15) is 23.0 Å². The van der Waals surface area contributed by atoms with Crippen molar-refractivity contribution in [3.8, 4) is 22.1 Å². The molecule has 2 aliphatic rings. The van der Waals surface area contributed by atoms with Crippen molar-refractivity contribution in [3.05, 3.63) is 47.5 Å². The molecule has 2 aromatic heterocycles. The van der Waals surface area contributed by atoms with Gasteiger partial charge >= 0.3 is 0 Å². The fourth-order valence-electron chi connectivity index (χ4n) is 3.68. The second kappa shape index (κ2) is 7.44. The van der Waals surface area contributed by atoms with E-state index < -0.39 is 9.84 Å². The summed E-state index contributed by atoms with van der Waals surface area (Å²) in [5.74, 6) is 1.03. The van der Waals surface area contributed by atoms with Gasteiger partial charge in [0.1, 0.15) is 13.2 Å². The number of aromatic nitrogens is 2. The maximum Gasteiger partial charge on any atom is 0.276 e. The van der Waals surface area contributed by atoms with Gasteiger partial charge in [-0.05, 0) is 36.1 Å². The lowest BCUT2D eigenvalue weighted by atomic mass is 10.2. The number of benzene rings is 1. The van der Waals surface area contributed by atoms with E-state index in [0.29, 0.717) is 36.8 Å². The van der Waals surface area contributed by atoms with Crippen LogP contribution in [0.2, 0.25) is 0 Å². The number of hydrogen-bond acceptors (Lipinski definition) is 7. The third kappa shape index (κ3) is 3.68. The third-order valence-electron chi connectivity index (χ3n) is 5.10. The maximum atomic E-state index is 12.9. The molecule has 8 nitrogen and oxygen atoms in total. The van der Waals surface area contributed by atoms with Gasteiger partial charge in [-0.15, -0.1) is 11.3 Å². The van der Waals surface area contributed by atoms with Crippen LogP contribution in [-0.2, 0) is 9.84 Å². The van der Waals surface area contributed by atoms with Gasteiger partial charge in [0.25, 0.3) is 5.91 Å². The summed E-state index contributed by atoms with van der Waals surface area (Å²) in [6.07, 6.45) is 0.492. The lowest BCUT2D eigenvalue weighted by Gasteiger charge is -2.18. The molecule has 2 aliphatic heterocycles. The molecule has 1 saturated heterocycles. The molecule has 1 fully saturated rings. The van der Waals surface area contributed by atoms with Crippen LogP contribution >= 0.6 is 11.3 Å². The zero-order chi connectivity index (χ0) is 20.7. The van der Waals surface area contributed by atoms with Crippen LogP contribution in [0.4, 0.5) is 5.69 Å². The fraction of sp³-hybridized carbons (Fsp3) is 0.300. The molecule has 156 valence electrons. The number of thiophene rings is 1. The molecule has 0 bridgehead atoms. The second-order valence-corrected chi connectivity index (χ2v) is 10.4. The molecule has 5 rings (SSSR count). The summed E-state index contributed by atoms with van der Waals surface area (Å²) in [6, 6.07) is 10.5. The summed E-state index contributed by atoms with van der Waals surface area (Å²) in [5, 5.41) is 9.26. The Hall–Kier alpha value is -2.85. The van der Waals surface area contributed by atoms with E-state index in [2.05, 4.69) is 10.4 Å². The zero-order valence-corrected chi connectivity index (χ0v) is 17.5. The van der Waals surface area contributed by atoms with Crippen molar-refractivity contribution in [2.45, 2.75) is 12.5 Å². The number of nitrogens with zero attached hydrogens (tertiary/aromatic N) is 2. The van der Waals surface area contributed by atoms with Crippen molar-refractivity contribution in [1.29, 1.82) is 0 Å². The molecule has 1 N–H and O–H groups in total. The SMILES string of the molecule is O=C(Nc1ccc2c(c1)OCCO2)c1cc(-c2cccs2)n([C@@H]2CCS(=O)(=O)C2)n1. The van der Waals surface area contributed by atoms with E-state index in [1.807, 2.05) is 17.5 Å². The predicted molar refractivity (Wildman–Crippen MR) is 113 cm³/mol. The molecular formula is C20H19N3O5S2. The number of fused-ring (bicyclic) bond motifs is 1. The van der Waals surface area contributed by atoms with Gasteiger partial charge in [-0.25, -0.2) is 8.42 Å². The molecule has 0 unspecified atom stereocenters. The lowest BCUT2D eigenvalue weighted by Crippen LogP contribution is -2.17. The monoisotopic (exact) mass is 445 g/mol. The highest BCUT2D eigenvalue weighted by Crippen LogP contribution is 2.34. The minimum atomic E-state index is -3.08. The molecule has 3 aromatic rings. The Bertz CT molecular complexity index is 1200. The highest BCUT2D eigenvalue weighted by Gasteiger charge is 2.32. The first-order valence-corrected chi connectivity index (χ1v) is 12.2. The summed E-state index contributed by atoms with van der Waals surface area (Å²) in [4.78, 5) is 13.8. The van der Waals surface area contributed by atoms with E-state index in [-0.39, 0.29) is 29.1 Å². The minimum absolute atomic E-state index is 0.0380. The molecule has 0 aliphatic carbocycles. The number of carbonyl (C=O) groups is 1. The normalized spacial score (nSPS) is 19.5. The van der Waals surface area contributed by atoms with Gasteiger partial charge in [0.05, 0.1) is 28.1 Å². The maximum absolute atomic E-state index is 12.9. The molecule has 1 amide bonds. The molecule has 1 atom stereocenters. The van der Waals surface area contributed by atoms with E-state index >= 15 is 0 Å². The summed E-state index contributed by atoms with van der Waals surface area (Å²) in [5.41, 5.74) is 1.55. The van der Waals surface area contributed by atoms with E-state index in [1.54, 1.807) is 28.9 Å². The van der Waals surface area contributed by atoms with Crippen LogP contribution in [0.5, 0.6) is 11.5 Å². The van der Waals surface area contributed by atoms with Crippen molar-refractivity contribution < 1.29 is 22.7 Å². The third-order valence-corrected chi connectivity index (χ3v) is 7.74. The van der Waals surface area contributed by atoms with Gasteiger partial charge in [0.15, 0.2) is 27.0 Å². The number of ether oxygens (including phenoxy) is 2. The molecule has 10 heteroatoms. The standard InChI is InChI=1S/C20H19N3O5S2/c24-20(21-13-3-4-17-18(10-13)28-7-6-27-17)15-11-16(19-2-1-8-29-19)23(22-15)14-5-9-30(25,26)12-14/h1-4,8,10-11,14H,5-7,9,12H2,(H,21,24)/t14-/m1/s1. The van der Waals surface area contributed by atoms with E-state index in [0.717, 1.165) is 10.6 Å². The largest absolute Gasteiger partial charge is 0.486 e. The summed E-state index contributed by atoms with van der Waals surface area (Å²) in [6.45, 7) is 0.960. The van der Waals surface area contributed by atoms with Gasteiger partial charge in [0, 0.05) is 11.8 Å². The van der Waals surface area contributed by atoms with Gasteiger partial charge in [-0.3, -0.25) is 9.48 Å². The average Bonchev–Trinajstić information content (AvgIpc) is 3.46. The minimum Gasteiger partial charge on any atom is -0.486 e. The van der Waals surface area contributed by atoms with Gasteiger partial charge in [-0.1, -0.05) is 6.07 Å². The highest BCUT2D eigenvalue weighted by atomic mass is 32.2. The van der Waals surface area contributed by atoms with Crippen LogP contribution in [-0.4, -0.2) is 48.8 Å². The Morgan fingerprint density at radius 2 is 2.00 bits per heavy atom. The number of nitrogens with one attached hydrogen (secondary N) is 1. The molecule has 4 heterocycles. The Morgan fingerprint density at radius 3 is 2.73 bits per heavy atom. The van der Waals surface area contributed by atoms with Gasteiger partial charge in [0.2, 0.25) is 0 Å². The summed E-state index contributed by atoms with van der Waals surface area (Å²) in [7, 11) is -3.08. The van der Waals surface area contributed by atoms with E-state index in [1.165, 1.54) is 11.3 Å². The topological polar surface area (TPSA) is 99.5 Å². The smallest absolute Gasteiger partial charge is 0.276 e. The molecule has 30 heavy (non-hydrogen) atoms. The second-order valence-electron chi connectivity index (χ2n) is 7.21. The number of anilines is 1. The number of sulfone groups is 1. The molecule has 1 aromatic carbocycles. The number of carbonyl (C=O) groups excluding carboxylic acids is 1. The van der Waals surface area contributed by atoms with Crippen molar-refractivity contribution in [3.63, 3.8) is 0 Å². The first-order chi connectivity index (χ1) is 14.5. The average molecular weight is 446 g/mol. The fourth-order valence-corrected chi connectivity index (χ4v) is 6.10. The predicted octanol–water partition coefficient (Wildman–Crippen LogP) is 2.99. The van der Waals surface area contributed by atoms with Crippen molar-refractivity contribution in [2.24, 2.45) is 0 Å². The number of hydrogen-bond donors (Lipinski definition) is 1. The zero-order valence-electron chi connectivity index (χ0n) is 15.9. The molecule has 0 saturated carbocycles. The highest BCUT2D eigenvalue weighted by molar-refractivity contribution is 7.91. The van der Waals surface area contributed by atoms with Crippen molar-refractivity contribution in [2.75, 3.05) is 30.0 Å². The number of amides is 1. The quantitative estimate of drug-likeness (QED) is 0.663. The van der Waals surface area contributed by atoms with Crippen LogP contribution in [0.25, 0.3) is 10.6 Å². The van der Waals surface area contributed by atoms with Crippen LogP contribution < -0.4 is 14.8 Å². The summed E-state index contributed by atoms with van der Waals surface area (Å²) >= 11 is 1.52. The molecular weight excluding hydrogens is 426 g/mol. The van der Waals surface area contributed by atoms with Crippen molar-refractivity contribution >= 4 is 32.8 Å². The first kappa shape index (κ1) is 19.1. The molecule has 0 spiro atoms. The van der Waals surface area contributed by atoms with Gasteiger partial charge in [-0.2, -0.15) is 5.10 Å². The van der Waals surface area contributed by atoms with E-state index in [9.17, 15) is 13.2 Å². The van der Waals surface area contributed by atoms with Gasteiger partial charge < -0.3 is 14.8 Å². The van der Waals surface area contributed by atoms with Crippen molar-refractivity contribution in [1.82, 2.24) is 9.78 Å². The Morgan fingerprint density at radius 1 is 1.17 bits per heavy atom. The first-order valence-electron chi connectivity index (χ1n) is 9.53. The Labute approximate surface area is 177 Å². The summed E-state index contributed by atoms with van der Waals surface area (Å²) < 4.78 is 36.7. The molecule has 0 radical (unpaired) electrons. The van der Waals surface area contributed by atoms with Crippen LogP contribution in [0.3, 0.4) is 0 Å². The lowest BCUT2D eigenvalue weighted by molar-refractivity contribution is 0.102. The van der Waals surface area contributed by atoms with Crippen LogP contribution in [0, 0.1) is 0 Å². The Kier molecular flexibility index (Phi) is 4.75. The van der Waals surface area contributed by atoms with Crippen LogP contribution in [0.15, 0.2) is 41.8 Å². The van der Waals surface area contributed by atoms with E-state index in [4.69, 9.17) is 9.47 Å². The number of rotatable bonds is 4. The Balaban J connectivity index is 1.44.